The lowest BCUT2D eigenvalue weighted by Crippen LogP contribution is -2.60. The fourth-order valence-electron chi connectivity index (χ4n) is 4.99. The molecule has 7 N–H and O–H groups in total. The maximum atomic E-state index is 10.8. The number of ether oxygens (including phenoxy) is 3. The number of methoxy groups -OCH3 is 1. The van der Waals surface area contributed by atoms with Gasteiger partial charge in [0.1, 0.15) is 47.1 Å². The highest BCUT2D eigenvalue weighted by molar-refractivity contribution is 6.10. The largest absolute Gasteiger partial charge is 0.508 e. The van der Waals surface area contributed by atoms with Crippen LogP contribution in [0.5, 0.6) is 23.0 Å². The Labute approximate surface area is 236 Å². The van der Waals surface area contributed by atoms with Crippen molar-refractivity contribution in [2.75, 3.05) is 13.7 Å². The molecule has 12 heteroatoms. The number of rotatable bonds is 6. The molecule has 3 heterocycles. The van der Waals surface area contributed by atoms with E-state index >= 15 is 0 Å². The molecule has 1 saturated heterocycles. The molecule has 5 atom stereocenters. The van der Waals surface area contributed by atoms with Crippen molar-refractivity contribution in [1.29, 1.82) is 0 Å². The van der Waals surface area contributed by atoms with Crippen molar-refractivity contribution >= 4 is 21.9 Å². The van der Waals surface area contributed by atoms with Crippen LogP contribution in [0.2, 0.25) is 0 Å². The van der Waals surface area contributed by atoms with Gasteiger partial charge in [0.2, 0.25) is 6.29 Å². The summed E-state index contributed by atoms with van der Waals surface area (Å²) in [5, 5.41) is 61.9. The molecule has 1 aliphatic heterocycles. The third-order valence-corrected chi connectivity index (χ3v) is 7.15. The molecular formula is C30H27O12+. The van der Waals surface area contributed by atoms with Crippen molar-refractivity contribution in [3.05, 3.63) is 66.1 Å². The van der Waals surface area contributed by atoms with E-state index in [4.69, 9.17) is 23.0 Å². The van der Waals surface area contributed by atoms with Crippen LogP contribution in [-0.4, -0.2) is 79.9 Å². The molecule has 1 aliphatic rings. The fraction of sp³-hybridized carbons (Fsp3) is 0.233. The lowest BCUT2D eigenvalue weighted by molar-refractivity contribution is -0.277. The molecule has 0 spiro atoms. The minimum absolute atomic E-state index is 0.00564. The predicted octanol–water partition coefficient (Wildman–Crippen LogP) is 2.12. The van der Waals surface area contributed by atoms with Gasteiger partial charge in [-0.1, -0.05) is 0 Å². The van der Waals surface area contributed by atoms with Gasteiger partial charge in [-0.05, 0) is 48.5 Å². The first-order chi connectivity index (χ1) is 20.2. The van der Waals surface area contributed by atoms with Crippen molar-refractivity contribution in [2.45, 2.75) is 30.7 Å². The molecule has 0 radical (unpaired) electrons. The first kappa shape index (κ1) is 27.6. The molecule has 0 saturated carbocycles. The predicted molar refractivity (Wildman–Crippen MR) is 146 cm³/mol. The van der Waals surface area contributed by atoms with E-state index in [1.165, 1.54) is 49.6 Å². The average molecular weight is 580 g/mol. The molecule has 3 aromatic carbocycles. The zero-order valence-corrected chi connectivity index (χ0v) is 22.0. The highest BCUT2D eigenvalue weighted by Gasteiger charge is 2.45. The maximum absolute atomic E-state index is 10.8. The zero-order valence-electron chi connectivity index (χ0n) is 22.0. The standard InChI is InChI=1S/C30H26O12/c1-38-20-8-14(4-7-18(20)34)28-29(42-30-27(37)26(36)25(35)23(12-31)41-30)17-11-19(13-2-5-15(32)6-3-13)39-21-9-16(33)10-22(40-28)24(17)21/h2-11,23,25-27,30-32,34-37H,12H2,1H3/p+1/t23-,25-,26+,27-,30+/m1/s1. The summed E-state index contributed by atoms with van der Waals surface area (Å²) in [5.41, 5.74) is 1.18. The Balaban J connectivity index is 1.65. The number of aromatic hydroxyl groups is 2. The van der Waals surface area contributed by atoms with Gasteiger partial charge in [0, 0.05) is 16.5 Å². The van der Waals surface area contributed by atoms with Crippen LogP contribution in [0.15, 0.2) is 69.5 Å². The van der Waals surface area contributed by atoms with Crippen molar-refractivity contribution in [3.8, 4) is 45.6 Å². The molecule has 6 rings (SSSR count). The average Bonchev–Trinajstić information content (AvgIpc) is 2.98. The number of aliphatic hydroxyl groups excluding tert-OH is 4. The van der Waals surface area contributed by atoms with Crippen LogP contribution in [0.1, 0.15) is 0 Å². The lowest BCUT2D eigenvalue weighted by atomic mass is 9.99. The second kappa shape index (κ2) is 10.7. The van der Waals surface area contributed by atoms with Gasteiger partial charge < -0.3 is 53.7 Å². The van der Waals surface area contributed by atoms with Crippen molar-refractivity contribution in [1.82, 2.24) is 0 Å². The Hall–Kier alpha value is -4.59. The Morgan fingerprint density at radius 2 is 1.52 bits per heavy atom. The minimum atomic E-state index is -1.73. The van der Waals surface area contributed by atoms with Crippen LogP contribution in [0.4, 0.5) is 0 Å². The van der Waals surface area contributed by atoms with Crippen LogP contribution in [-0.2, 0) is 4.74 Å². The number of hydrogen-bond acceptors (Lipinski definition) is 11. The Bertz CT molecular complexity index is 1820. The SMILES string of the molecule is COc1cc(-c2oc3cc(=[OH+])cc4oc(-c5ccc(O)cc5)cc(c2O[C@@H]2O[C@H](CO)[C@@H](O)[C@H](O)[C@H]2O)c43)ccc1O. The summed E-state index contributed by atoms with van der Waals surface area (Å²) in [6, 6.07) is 15.0. The molecule has 12 nitrogen and oxygen atoms in total. The van der Waals surface area contributed by atoms with Crippen LogP contribution in [0, 0.1) is 0 Å². The van der Waals surface area contributed by atoms with Crippen molar-refractivity contribution in [3.63, 3.8) is 0 Å². The summed E-state index contributed by atoms with van der Waals surface area (Å²) >= 11 is 0. The van der Waals surface area contributed by atoms with E-state index in [1.54, 1.807) is 18.2 Å². The lowest BCUT2D eigenvalue weighted by Gasteiger charge is -2.39. The number of benzene rings is 3. The minimum Gasteiger partial charge on any atom is -0.508 e. The third-order valence-electron chi connectivity index (χ3n) is 7.15. The fourth-order valence-corrected chi connectivity index (χ4v) is 4.99. The summed E-state index contributed by atoms with van der Waals surface area (Å²) < 4.78 is 29.4. The molecule has 2 aromatic heterocycles. The summed E-state index contributed by atoms with van der Waals surface area (Å²) in [6.07, 6.45) is -7.85. The van der Waals surface area contributed by atoms with Gasteiger partial charge >= 0.3 is 5.43 Å². The molecule has 42 heavy (non-hydrogen) atoms. The molecule has 0 unspecified atom stereocenters. The van der Waals surface area contributed by atoms with Gasteiger partial charge in [-0.2, -0.15) is 0 Å². The van der Waals surface area contributed by atoms with Gasteiger partial charge in [-0.15, -0.1) is 0 Å². The van der Waals surface area contributed by atoms with Gasteiger partial charge in [-0.25, -0.2) is 0 Å². The van der Waals surface area contributed by atoms with Gasteiger partial charge in [0.05, 0.1) is 31.2 Å². The van der Waals surface area contributed by atoms with E-state index in [2.05, 4.69) is 0 Å². The third kappa shape index (κ3) is 4.70. The molecule has 0 aliphatic carbocycles. The van der Waals surface area contributed by atoms with E-state index in [0.29, 0.717) is 27.7 Å². The van der Waals surface area contributed by atoms with Gasteiger partial charge in [0.25, 0.3) is 0 Å². The highest BCUT2D eigenvalue weighted by Crippen LogP contribution is 2.45. The zero-order chi connectivity index (χ0) is 29.7. The monoisotopic (exact) mass is 579 g/mol. The van der Waals surface area contributed by atoms with E-state index in [-0.39, 0.29) is 45.4 Å². The number of phenolic OH excluding ortho intramolecular Hbond substituents is 2. The quantitative estimate of drug-likeness (QED) is 0.161. The molecule has 5 aromatic rings. The smallest absolute Gasteiger partial charge is 0.347 e. The second-order valence-corrected chi connectivity index (χ2v) is 9.85. The summed E-state index contributed by atoms with van der Waals surface area (Å²) in [6.45, 7) is -0.663. The number of phenols is 2. The molecule has 1 fully saturated rings. The molecular weight excluding hydrogens is 552 g/mol. The van der Waals surface area contributed by atoms with Crippen LogP contribution in [0.25, 0.3) is 44.6 Å². The normalized spacial score (nSPS) is 22.5. The molecule has 0 amide bonds. The summed E-state index contributed by atoms with van der Waals surface area (Å²) in [4.78, 5) is 10.5. The van der Waals surface area contributed by atoms with E-state index in [9.17, 15) is 35.4 Å². The van der Waals surface area contributed by atoms with Gasteiger partial charge in [0.15, 0.2) is 23.0 Å². The van der Waals surface area contributed by atoms with Crippen LogP contribution in [0.3, 0.4) is 0 Å². The Morgan fingerprint density at radius 1 is 0.833 bits per heavy atom. The number of hydrogen-bond donors (Lipinski definition) is 6. The summed E-state index contributed by atoms with van der Waals surface area (Å²) in [7, 11) is 1.37. The van der Waals surface area contributed by atoms with E-state index in [0.717, 1.165) is 0 Å². The Morgan fingerprint density at radius 3 is 2.21 bits per heavy atom. The topological polar surface area (TPSA) is 197 Å². The molecule has 0 bridgehead atoms. The molecule has 218 valence electrons. The first-order valence-corrected chi connectivity index (χ1v) is 12.9. The van der Waals surface area contributed by atoms with Gasteiger partial charge in [-0.3, -0.25) is 4.79 Å². The van der Waals surface area contributed by atoms with Crippen molar-refractivity contribution in [2.24, 2.45) is 0 Å². The summed E-state index contributed by atoms with van der Waals surface area (Å²) in [5.74, 6) is 0.412. The highest BCUT2D eigenvalue weighted by atomic mass is 16.7. The first-order valence-electron chi connectivity index (χ1n) is 12.9. The second-order valence-electron chi connectivity index (χ2n) is 9.85. The Kier molecular flexibility index (Phi) is 7.01. The van der Waals surface area contributed by atoms with Crippen molar-refractivity contribution < 1.29 is 58.5 Å². The maximum Gasteiger partial charge on any atom is 0.347 e. The number of aliphatic hydroxyl groups is 4. The van der Waals surface area contributed by atoms with E-state index < -0.39 is 37.3 Å². The van der Waals surface area contributed by atoms with E-state index in [1.807, 2.05) is 0 Å². The van der Waals surface area contributed by atoms with Crippen LogP contribution < -0.4 is 14.9 Å². The van der Waals surface area contributed by atoms with Crippen LogP contribution >= 0.6 is 0 Å².